The molecule has 0 amide bonds. The molecule has 4 heterocycles. The van der Waals surface area contributed by atoms with E-state index in [1.807, 2.05) is 19.2 Å². The third kappa shape index (κ3) is 3.27. The van der Waals surface area contributed by atoms with Crippen LogP contribution in [-0.2, 0) is 6.54 Å². The van der Waals surface area contributed by atoms with E-state index in [0.717, 1.165) is 17.6 Å². The average Bonchev–Trinajstić information content (AvgIpc) is 3.26. The fraction of sp³-hybridized carbons (Fsp3) is 0.438. The van der Waals surface area contributed by atoms with Gasteiger partial charge >= 0.3 is 0 Å². The van der Waals surface area contributed by atoms with Gasteiger partial charge in [-0.05, 0) is 26.0 Å². The van der Waals surface area contributed by atoms with Gasteiger partial charge in [-0.25, -0.2) is 4.39 Å². The second kappa shape index (κ2) is 6.67. The van der Waals surface area contributed by atoms with Crippen molar-refractivity contribution in [2.24, 2.45) is 0 Å². The van der Waals surface area contributed by atoms with Crippen LogP contribution in [0.5, 0.6) is 5.88 Å². The van der Waals surface area contributed by atoms with Crippen LogP contribution >= 0.6 is 0 Å². The summed E-state index contributed by atoms with van der Waals surface area (Å²) in [5.41, 5.74) is 1.41. The molecule has 3 aromatic rings. The van der Waals surface area contributed by atoms with Gasteiger partial charge in [-0.3, -0.25) is 4.68 Å². The summed E-state index contributed by atoms with van der Waals surface area (Å²) in [7, 11) is 0. The fourth-order valence-corrected chi connectivity index (χ4v) is 2.85. The molecule has 1 aliphatic rings. The highest BCUT2D eigenvalue weighted by Gasteiger charge is 2.27. The summed E-state index contributed by atoms with van der Waals surface area (Å²) in [5, 5.41) is 11.2. The molecule has 132 valence electrons. The minimum absolute atomic E-state index is 0.369. The molecule has 4 rings (SSSR count). The van der Waals surface area contributed by atoms with Crippen LogP contribution in [0, 0.1) is 0 Å². The van der Waals surface area contributed by atoms with Gasteiger partial charge in [0.2, 0.25) is 11.8 Å². The molecule has 1 saturated heterocycles. The van der Waals surface area contributed by atoms with Gasteiger partial charge in [0.05, 0.1) is 17.3 Å². The van der Waals surface area contributed by atoms with Crippen molar-refractivity contribution in [1.29, 1.82) is 0 Å². The number of piperidine rings is 1. The number of aromatic nitrogens is 5. The Morgan fingerprint density at radius 2 is 2.36 bits per heavy atom. The smallest absolute Gasteiger partial charge is 0.232 e. The number of alkyl halides is 1. The van der Waals surface area contributed by atoms with Gasteiger partial charge in [0.1, 0.15) is 17.9 Å². The first-order valence-corrected chi connectivity index (χ1v) is 8.39. The first kappa shape index (κ1) is 15.8. The SMILES string of the molecule is CCn1cc(Nc2nc(O[C@@H]3CNCC[C@H]3F)c3cc[nH]c3n2)cn1. The zero-order chi connectivity index (χ0) is 17.2. The zero-order valence-electron chi connectivity index (χ0n) is 13.9. The van der Waals surface area contributed by atoms with Crippen LogP contribution in [-0.4, -0.2) is 50.1 Å². The van der Waals surface area contributed by atoms with Gasteiger partial charge in [-0.15, -0.1) is 0 Å². The van der Waals surface area contributed by atoms with E-state index in [9.17, 15) is 4.39 Å². The second-order valence-corrected chi connectivity index (χ2v) is 5.97. The molecule has 0 unspecified atom stereocenters. The minimum atomic E-state index is -1.01. The monoisotopic (exact) mass is 345 g/mol. The lowest BCUT2D eigenvalue weighted by Gasteiger charge is -2.27. The van der Waals surface area contributed by atoms with Gasteiger partial charge in [0.25, 0.3) is 0 Å². The van der Waals surface area contributed by atoms with E-state index in [1.165, 1.54) is 0 Å². The highest BCUT2D eigenvalue weighted by molar-refractivity contribution is 5.82. The molecule has 0 radical (unpaired) electrons. The van der Waals surface area contributed by atoms with Crippen molar-refractivity contribution in [3.63, 3.8) is 0 Å². The molecule has 0 spiro atoms. The summed E-state index contributed by atoms with van der Waals surface area (Å²) in [6, 6.07) is 1.83. The third-order valence-corrected chi connectivity index (χ3v) is 4.20. The zero-order valence-corrected chi connectivity index (χ0v) is 13.9. The Kier molecular flexibility index (Phi) is 4.22. The van der Waals surface area contributed by atoms with Gasteiger partial charge < -0.3 is 20.4 Å². The summed E-state index contributed by atoms with van der Waals surface area (Å²) >= 11 is 0. The highest BCUT2D eigenvalue weighted by atomic mass is 19.1. The summed E-state index contributed by atoms with van der Waals surface area (Å²) in [4.78, 5) is 11.9. The number of ether oxygens (including phenoxy) is 1. The maximum Gasteiger partial charge on any atom is 0.232 e. The molecule has 8 nitrogen and oxygen atoms in total. The largest absolute Gasteiger partial charge is 0.469 e. The van der Waals surface area contributed by atoms with Gasteiger partial charge in [-0.2, -0.15) is 15.1 Å². The maximum atomic E-state index is 14.1. The molecule has 3 aromatic heterocycles. The van der Waals surface area contributed by atoms with Crippen molar-refractivity contribution in [3.05, 3.63) is 24.7 Å². The molecular formula is C16H20FN7O. The Balaban J connectivity index is 1.62. The predicted octanol–water partition coefficient (Wildman–Crippen LogP) is 2.00. The van der Waals surface area contributed by atoms with E-state index in [0.29, 0.717) is 37.0 Å². The predicted molar refractivity (Wildman–Crippen MR) is 91.9 cm³/mol. The van der Waals surface area contributed by atoms with Crippen molar-refractivity contribution in [1.82, 2.24) is 30.0 Å². The van der Waals surface area contributed by atoms with Crippen molar-refractivity contribution >= 4 is 22.7 Å². The number of rotatable bonds is 5. The number of nitrogens with one attached hydrogen (secondary N) is 3. The Morgan fingerprint density at radius 3 is 3.16 bits per heavy atom. The normalized spacial score (nSPS) is 20.7. The van der Waals surface area contributed by atoms with Crippen LogP contribution in [0.4, 0.5) is 16.0 Å². The lowest BCUT2D eigenvalue weighted by atomic mass is 10.1. The Bertz CT molecular complexity index is 861. The number of anilines is 2. The topological polar surface area (TPSA) is 92.7 Å². The van der Waals surface area contributed by atoms with Crippen LogP contribution in [0.25, 0.3) is 11.0 Å². The van der Waals surface area contributed by atoms with Gasteiger partial charge in [0.15, 0.2) is 0 Å². The quantitative estimate of drug-likeness (QED) is 0.655. The summed E-state index contributed by atoms with van der Waals surface area (Å²) in [5.74, 6) is 0.743. The average molecular weight is 345 g/mol. The van der Waals surface area contributed by atoms with Crippen molar-refractivity contribution in [2.45, 2.75) is 32.2 Å². The van der Waals surface area contributed by atoms with E-state index in [1.54, 1.807) is 17.1 Å². The van der Waals surface area contributed by atoms with E-state index >= 15 is 0 Å². The molecule has 0 bridgehead atoms. The van der Waals surface area contributed by atoms with E-state index in [4.69, 9.17) is 4.74 Å². The first-order chi connectivity index (χ1) is 12.2. The van der Waals surface area contributed by atoms with E-state index < -0.39 is 12.3 Å². The lowest BCUT2D eigenvalue weighted by Crippen LogP contribution is -2.45. The highest BCUT2D eigenvalue weighted by Crippen LogP contribution is 2.27. The molecule has 9 heteroatoms. The number of halogens is 1. The van der Waals surface area contributed by atoms with Crippen LogP contribution < -0.4 is 15.4 Å². The Hall–Kier alpha value is -2.68. The number of hydrogen-bond donors (Lipinski definition) is 3. The summed E-state index contributed by atoms with van der Waals surface area (Å²) < 4.78 is 21.8. The molecule has 25 heavy (non-hydrogen) atoms. The van der Waals surface area contributed by atoms with Crippen LogP contribution in [0.3, 0.4) is 0 Å². The maximum absolute atomic E-state index is 14.1. The third-order valence-electron chi connectivity index (χ3n) is 4.20. The van der Waals surface area contributed by atoms with Crippen LogP contribution in [0.1, 0.15) is 13.3 Å². The first-order valence-electron chi connectivity index (χ1n) is 8.39. The Labute approximate surface area is 143 Å². The van der Waals surface area contributed by atoms with Crippen molar-refractivity contribution in [3.8, 4) is 5.88 Å². The van der Waals surface area contributed by atoms with Gasteiger partial charge in [-0.1, -0.05) is 0 Å². The number of hydrogen-bond acceptors (Lipinski definition) is 6. The number of aromatic amines is 1. The Morgan fingerprint density at radius 1 is 1.44 bits per heavy atom. The van der Waals surface area contributed by atoms with Gasteiger partial charge in [0, 0.05) is 25.5 Å². The molecule has 0 aliphatic carbocycles. The molecule has 0 aromatic carbocycles. The molecule has 0 saturated carbocycles. The van der Waals surface area contributed by atoms with Crippen molar-refractivity contribution < 1.29 is 9.13 Å². The molecule has 1 aliphatic heterocycles. The molecule has 1 fully saturated rings. The number of aryl methyl sites for hydroxylation is 1. The van der Waals surface area contributed by atoms with Crippen LogP contribution in [0.15, 0.2) is 24.7 Å². The van der Waals surface area contributed by atoms with Crippen molar-refractivity contribution in [2.75, 3.05) is 18.4 Å². The fourth-order valence-electron chi connectivity index (χ4n) is 2.85. The van der Waals surface area contributed by atoms with E-state index in [2.05, 4.69) is 30.7 Å². The molecule has 3 N–H and O–H groups in total. The second-order valence-electron chi connectivity index (χ2n) is 5.97. The summed E-state index contributed by atoms with van der Waals surface area (Å²) in [6.45, 7) is 3.91. The number of fused-ring (bicyclic) bond motifs is 1. The molecular weight excluding hydrogens is 325 g/mol. The molecule has 2 atom stereocenters. The number of nitrogens with zero attached hydrogens (tertiary/aromatic N) is 4. The van der Waals surface area contributed by atoms with Crippen LogP contribution in [0.2, 0.25) is 0 Å². The minimum Gasteiger partial charge on any atom is -0.469 e. The number of H-pyrrole nitrogens is 1. The standard InChI is InChI=1S/C16H20FN7O/c1-2-24-9-10(7-20-24)21-16-22-14-11(3-6-19-14)15(23-16)25-13-8-18-5-4-12(13)17/h3,6-7,9,12-13,18H,2,4-5,8H2,1H3,(H2,19,21,22,23)/t12-,13-/m1/s1. The lowest BCUT2D eigenvalue weighted by molar-refractivity contribution is 0.0722. The van der Waals surface area contributed by atoms with E-state index in [-0.39, 0.29) is 0 Å². The summed E-state index contributed by atoms with van der Waals surface area (Å²) in [6.07, 6.45) is 4.20.